The van der Waals surface area contributed by atoms with E-state index in [-0.39, 0.29) is 5.91 Å². The molecule has 0 atom stereocenters. The minimum absolute atomic E-state index is 0.240. The molecule has 3 aromatic rings. The van der Waals surface area contributed by atoms with Gasteiger partial charge in [0.2, 0.25) is 0 Å². The molecule has 118 valence electrons. The second-order valence-corrected chi connectivity index (χ2v) is 5.97. The van der Waals surface area contributed by atoms with Crippen molar-refractivity contribution in [3.05, 3.63) is 106 Å². The Bertz CT molecular complexity index is 861. The summed E-state index contributed by atoms with van der Waals surface area (Å²) >= 11 is 3.55. The summed E-state index contributed by atoms with van der Waals surface area (Å²) in [7, 11) is 0. The van der Waals surface area contributed by atoms with Gasteiger partial charge in [0.25, 0.3) is 5.91 Å². The van der Waals surface area contributed by atoms with Gasteiger partial charge in [0.15, 0.2) is 0 Å². The normalized spacial score (nSPS) is 11.1. The maximum absolute atomic E-state index is 12.3. The smallest absolute Gasteiger partial charge is 0.267 e. The van der Waals surface area contributed by atoms with E-state index in [0.29, 0.717) is 11.3 Å². The fraction of sp³-hybridized carbons (Fsp3) is 0. The van der Waals surface area contributed by atoms with Gasteiger partial charge in [-0.05, 0) is 18.2 Å². The van der Waals surface area contributed by atoms with E-state index in [0.717, 1.165) is 15.6 Å². The number of nitrogens with one attached hydrogen (secondary N) is 1. The van der Waals surface area contributed by atoms with Crippen molar-refractivity contribution in [1.29, 1.82) is 0 Å². The lowest BCUT2D eigenvalue weighted by Gasteiger charge is -2.10. The summed E-state index contributed by atoms with van der Waals surface area (Å²) in [5.74, 6) is -0.240. The van der Waals surface area contributed by atoms with Gasteiger partial charge in [-0.15, -0.1) is 0 Å². The summed E-state index contributed by atoms with van der Waals surface area (Å²) in [5.41, 5.74) is 5.77. The van der Waals surface area contributed by atoms with E-state index in [1.54, 1.807) is 12.1 Å². The maximum atomic E-state index is 12.3. The van der Waals surface area contributed by atoms with Gasteiger partial charge in [0.1, 0.15) is 0 Å². The highest BCUT2D eigenvalue weighted by molar-refractivity contribution is 9.10. The zero-order chi connectivity index (χ0) is 16.8. The number of carbonyl (C=O) groups is 1. The van der Waals surface area contributed by atoms with Crippen molar-refractivity contribution in [1.82, 2.24) is 5.43 Å². The number of hydrogen-bond acceptors (Lipinski definition) is 2. The van der Waals surface area contributed by atoms with Crippen molar-refractivity contribution in [2.24, 2.45) is 5.10 Å². The summed E-state index contributed by atoms with van der Waals surface area (Å²) < 4.78 is 0.918. The van der Waals surface area contributed by atoms with Gasteiger partial charge in [-0.2, -0.15) is 5.10 Å². The van der Waals surface area contributed by atoms with Crippen LogP contribution in [0.1, 0.15) is 21.5 Å². The molecule has 0 aliphatic carbocycles. The van der Waals surface area contributed by atoms with E-state index in [9.17, 15) is 4.79 Å². The summed E-state index contributed by atoms with van der Waals surface area (Å²) in [4.78, 5) is 12.3. The largest absolute Gasteiger partial charge is 0.271 e. The Labute approximate surface area is 149 Å². The molecule has 3 aromatic carbocycles. The summed E-state index contributed by atoms with van der Waals surface area (Å²) in [5, 5.41) is 4.39. The first-order valence-electron chi connectivity index (χ1n) is 7.49. The van der Waals surface area contributed by atoms with E-state index in [4.69, 9.17) is 0 Å². The third-order valence-electron chi connectivity index (χ3n) is 3.48. The van der Waals surface area contributed by atoms with Crippen LogP contribution in [0.5, 0.6) is 0 Å². The number of hydrogen-bond donors (Lipinski definition) is 1. The van der Waals surface area contributed by atoms with Gasteiger partial charge in [-0.3, -0.25) is 4.79 Å². The van der Waals surface area contributed by atoms with Crippen LogP contribution in [0.2, 0.25) is 0 Å². The zero-order valence-corrected chi connectivity index (χ0v) is 14.4. The second-order valence-electron chi connectivity index (χ2n) is 5.11. The standard InChI is InChI=1S/C20H15BrN2O/c21-18-14-8-7-13-17(18)19(15-9-3-1-4-10-15)22-23-20(24)16-11-5-2-6-12-16/h1-14H,(H,23,24). The summed E-state index contributed by atoms with van der Waals surface area (Å²) in [6.07, 6.45) is 0. The monoisotopic (exact) mass is 378 g/mol. The SMILES string of the molecule is O=C(NN=C(c1ccccc1)c1ccccc1Br)c1ccccc1. The van der Waals surface area contributed by atoms with Gasteiger partial charge in [0, 0.05) is 21.2 Å². The molecule has 1 amide bonds. The van der Waals surface area contributed by atoms with E-state index in [2.05, 4.69) is 26.5 Å². The number of carbonyl (C=O) groups excluding carboxylic acids is 1. The van der Waals surface area contributed by atoms with Crippen LogP contribution in [-0.2, 0) is 0 Å². The second kappa shape index (κ2) is 7.70. The lowest BCUT2D eigenvalue weighted by molar-refractivity contribution is 0.0955. The highest BCUT2D eigenvalue weighted by Crippen LogP contribution is 2.20. The van der Waals surface area contributed by atoms with Crippen LogP contribution in [0.4, 0.5) is 0 Å². The van der Waals surface area contributed by atoms with Crippen molar-refractivity contribution in [2.75, 3.05) is 0 Å². The molecule has 4 heteroatoms. The molecule has 0 saturated heterocycles. The average molecular weight is 379 g/mol. The van der Waals surface area contributed by atoms with Gasteiger partial charge in [-0.1, -0.05) is 82.7 Å². The van der Waals surface area contributed by atoms with Crippen molar-refractivity contribution in [3.63, 3.8) is 0 Å². The number of halogens is 1. The Morgan fingerprint density at radius 2 is 1.29 bits per heavy atom. The molecule has 0 fully saturated rings. The molecule has 0 unspecified atom stereocenters. The number of benzene rings is 3. The molecule has 1 N–H and O–H groups in total. The predicted octanol–water partition coefficient (Wildman–Crippen LogP) is 4.63. The van der Waals surface area contributed by atoms with Gasteiger partial charge >= 0.3 is 0 Å². The highest BCUT2D eigenvalue weighted by Gasteiger charge is 2.11. The minimum atomic E-state index is -0.240. The maximum Gasteiger partial charge on any atom is 0.271 e. The molecule has 0 aliphatic heterocycles. The van der Waals surface area contributed by atoms with Gasteiger partial charge < -0.3 is 0 Å². The van der Waals surface area contributed by atoms with Crippen LogP contribution in [0.15, 0.2) is 94.5 Å². The van der Waals surface area contributed by atoms with Crippen LogP contribution in [0.3, 0.4) is 0 Å². The van der Waals surface area contributed by atoms with Crippen molar-refractivity contribution < 1.29 is 4.79 Å². The van der Waals surface area contributed by atoms with E-state index in [1.807, 2.05) is 72.8 Å². The third kappa shape index (κ3) is 3.78. The first-order valence-corrected chi connectivity index (χ1v) is 8.28. The Morgan fingerprint density at radius 3 is 1.92 bits per heavy atom. The molecule has 0 aliphatic rings. The zero-order valence-electron chi connectivity index (χ0n) is 12.8. The van der Waals surface area contributed by atoms with Crippen molar-refractivity contribution in [3.8, 4) is 0 Å². The minimum Gasteiger partial charge on any atom is -0.267 e. The number of hydrazone groups is 1. The first kappa shape index (κ1) is 16.1. The van der Waals surface area contributed by atoms with Gasteiger partial charge in [0.05, 0.1) is 5.71 Å². The lowest BCUT2D eigenvalue weighted by Crippen LogP contribution is -2.20. The van der Waals surface area contributed by atoms with Crippen LogP contribution in [-0.4, -0.2) is 11.6 Å². The topological polar surface area (TPSA) is 41.5 Å². The summed E-state index contributed by atoms with van der Waals surface area (Å²) in [6.45, 7) is 0. The van der Waals surface area contributed by atoms with E-state index >= 15 is 0 Å². The Balaban J connectivity index is 1.96. The van der Waals surface area contributed by atoms with Crippen LogP contribution >= 0.6 is 15.9 Å². The number of rotatable bonds is 4. The molecule has 0 spiro atoms. The average Bonchev–Trinajstić information content (AvgIpc) is 2.65. The highest BCUT2D eigenvalue weighted by atomic mass is 79.9. The first-order chi connectivity index (χ1) is 11.8. The lowest BCUT2D eigenvalue weighted by atomic mass is 10.0. The molecule has 0 aromatic heterocycles. The Kier molecular flexibility index (Phi) is 5.18. The Hall–Kier alpha value is -2.72. The van der Waals surface area contributed by atoms with Crippen LogP contribution in [0.25, 0.3) is 0 Å². The fourth-order valence-electron chi connectivity index (χ4n) is 2.29. The molecule has 3 nitrogen and oxygen atoms in total. The predicted molar refractivity (Wildman–Crippen MR) is 100 cm³/mol. The number of nitrogens with zero attached hydrogens (tertiary/aromatic N) is 1. The molecular weight excluding hydrogens is 364 g/mol. The van der Waals surface area contributed by atoms with Crippen molar-refractivity contribution in [2.45, 2.75) is 0 Å². The van der Waals surface area contributed by atoms with Crippen LogP contribution < -0.4 is 5.43 Å². The molecule has 0 bridgehead atoms. The quantitative estimate of drug-likeness (QED) is 0.521. The molecular formula is C20H15BrN2O. The summed E-state index contributed by atoms with van der Waals surface area (Å²) in [6, 6.07) is 26.6. The molecule has 0 saturated carbocycles. The number of amides is 1. The third-order valence-corrected chi connectivity index (χ3v) is 4.17. The van der Waals surface area contributed by atoms with Crippen molar-refractivity contribution >= 4 is 27.5 Å². The molecule has 3 rings (SSSR count). The molecule has 0 heterocycles. The van der Waals surface area contributed by atoms with Gasteiger partial charge in [-0.25, -0.2) is 5.43 Å². The molecule has 0 radical (unpaired) electrons. The fourth-order valence-corrected chi connectivity index (χ4v) is 2.76. The van der Waals surface area contributed by atoms with E-state index in [1.165, 1.54) is 0 Å². The van der Waals surface area contributed by atoms with Crippen LogP contribution in [0, 0.1) is 0 Å². The van der Waals surface area contributed by atoms with E-state index < -0.39 is 0 Å². The molecule has 24 heavy (non-hydrogen) atoms. The Morgan fingerprint density at radius 1 is 0.750 bits per heavy atom.